The van der Waals surface area contributed by atoms with Gasteiger partial charge in [0.25, 0.3) is 0 Å². The molecule has 0 aliphatic carbocycles. The van der Waals surface area contributed by atoms with E-state index in [2.05, 4.69) is 26.0 Å². The number of aryl methyl sites for hydroxylation is 1. The van der Waals surface area contributed by atoms with Crippen LogP contribution in [0.3, 0.4) is 0 Å². The van der Waals surface area contributed by atoms with E-state index in [4.69, 9.17) is 23.7 Å². The van der Waals surface area contributed by atoms with Gasteiger partial charge in [-0.2, -0.15) is 0 Å². The summed E-state index contributed by atoms with van der Waals surface area (Å²) in [5.74, 6) is 2.99. The van der Waals surface area contributed by atoms with Gasteiger partial charge >= 0.3 is 0 Å². The molecule has 5 rings (SSSR count). The second kappa shape index (κ2) is 11.3. The average molecular weight is 601 g/mol. The molecule has 1 aliphatic heterocycles. The van der Waals surface area contributed by atoms with E-state index < -0.39 is 18.1 Å². The first-order valence-corrected chi connectivity index (χ1v) is 16.2. The Bertz CT molecular complexity index is 1730. The highest BCUT2D eigenvalue weighted by Gasteiger charge is 2.52. The largest absolute Gasteiger partial charge is 0.497 e. The third-order valence-electron chi connectivity index (χ3n) is 8.41. The number of rotatable bonds is 7. The van der Waals surface area contributed by atoms with Crippen LogP contribution in [0.4, 0.5) is 0 Å². The molecule has 0 saturated carbocycles. The van der Waals surface area contributed by atoms with Gasteiger partial charge in [-0.1, -0.05) is 39.0 Å². The molecule has 1 heterocycles. The van der Waals surface area contributed by atoms with E-state index in [1.807, 2.05) is 76.2 Å². The molecule has 0 bridgehead atoms. The summed E-state index contributed by atoms with van der Waals surface area (Å²) in [6, 6.07) is 20.1. The normalized spacial score (nSPS) is 17.7. The van der Waals surface area contributed by atoms with Crippen molar-refractivity contribution in [3.8, 4) is 62.1 Å². The van der Waals surface area contributed by atoms with Gasteiger partial charge in [0.2, 0.25) is 0 Å². The number of ether oxygens (including phenoxy) is 5. The van der Waals surface area contributed by atoms with Gasteiger partial charge in [-0.25, -0.2) is 0 Å². The first-order chi connectivity index (χ1) is 20.4. The van der Waals surface area contributed by atoms with Crippen molar-refractivity contribution in [2.45, 2.75) is 52.5 Å². The molecule has 4 aromatic carbocycles. The number of fused-ring (bicyclic) bond motifs is 1. The molecule has 1 aliphatic rings. The number of hydrogen-bond donors (Lipinski definition) is 0. The fourth-order valence-corrected chi connectivity index (χ4v) is 9.66. The second-order valence-corrected chi connectivity index (χ2v) is 15.9. The Labute approximate surface area is 255 Å². The molecule has 43 heavy (non-hydrogen) atoms. The highest BCUT2D eigenvalue weighted by Crippen LogP contribution is 2.67. The fraction of sp³-hybridized carbons (Fsp3) is 0.333. The summed E-state index contributed by atoms with van der Waals surface area (Å²) in [7, 11) is 3.59. The Morgan fingerprint density at radius 2 is 1.30 bits per heavy atom. The van der Waals surface area contributed by atoms with Gasteiger partial charge in [0.15, 0.2) is 13.0 Å². The molecule has 0 N–H and O–H groups in total. The molecule has 2 atom stereocenters. The van der Waals surface area contributed by atoms with Crippen molar-refractivity contribution in [1.82, 2.24) is 0 Å². The van der Waals surface area contributed by atoms with Crippen LogP contribution >= 0.6 is 7.14 Å². The summed E-state index contributed by atoms with van der Waals surface area (Å²) in [5, 5.41) is 0.254. The first-order valence-electron chi connectivity index (χ1n) is 14.4. The highest BCUT2D eigenvalue weighted by molar-refractivity contribution is 7.74. The Hall–Kier alpha value is -3.89. The quantitative estimate of drug-likeness (QED) is 0.198. The second-order valence-electron chi connectivity index (χ2n) is 12.0. The Kier molecular flexibility index (Phi) is 8.04. The maximum absolute atomic E-state index is 15.1. The zero-order valence-corrected chi connectivity index (χ0v) is 27.6. The summed E-state index contributed by atoms with van der Waals surface area (Å²) in [6.07, 6.45) is 0. The lowest BCUT2D eigenvalue weighted by Crippen LogP contribution is -2.27. The summed E-state index contributed by atoms with van der Waals surface area (Å²) in [5.41, 5.74) is 7.53. The van der Waals surface area contributed by atoms with Crippen LogP contribution in [0.1, 0.15) is 38.8 Å². The summed E-state index contributed by atoms with van der Waals surface area (Å²) in [6.45, 7) is 12.2. The van der Waals surface area contributed by atoms with E-state index in [1.54, 1.807) is 28.4 Å². The van der Waals surface area contributed by atoms with Crippen molar-refractivity contribution >= 4 is 12.4 Å². The van der Waals surface area contributed by atoms with Crippen molar-refractivity contribution in [2.24, 2.45) is 0 Å². The van der Waals surface area contributed by atoms with Crippen LogP contribution < -0.4 is 29.0 Å². The molecular weight excluding hydrogens is 559 g/mol. The molecule has 0 unspecified atom stereocenters. The van der Waals surface area contributed by atoms with Gasteiger partial charge in [-0.15, -0.1) is 0 Å². The third kappa shape index (κ3) is 5.06. The van der Waals surface area contributed by atoms with Crippen LogP contribution in [0.25, 0.3) is 33.4 Å². The van der Waals surface area contributed by atoms with Crippen LogP contribution in [-0.4, -0.2) is 39.4 Å². The zero-order valence-electron chi connectivity index (χ0n) is 26.7. The van der Waals surface area contributed by atoms with E-state index in [0.29, 0.717) is 23.0 Å². The molecule has 6 nitrogen and oxygen atoms in total. The predicted molar refractivity (Wildman–Crippen MR) is 176 cm³/mol. The van der Waals surface area contributed by atoms with E-state index >= 15 is 4.57 Å². The number of methoxy groups -OCH3 is 4. The topological polar surface area (TPSA) is 63.2 Å². The Balaban J connectivity index is 1.95. The van der Waals surface area contributed by atoms with Crippen LogP contribution in [-0.2, 0) is 4.57 Å². The van der Waals surface area contributed by atoms with Crippen molar-refractivity contribution < 1.29 is 28.2 Å². The van der Waals surface area contributed by atoms with Crippen LogP contribution in [0.5, 0.6) is 28.7 Å². The molecule has 0 spiro atoms. The third-order valence-corrected chi connectivity index (χ3v) is 12.7. The van der Waals surface area contributed by atoms with Gasteiger partial charge in [-0.3, -0.25) is 0 Å². The lowest BCUT2D eigenvalue weighted by molar-refractivity contribution is 0.303. The maximum Gasteiger partial charge on any atom is 0.163 e. The van der Waals surface area contributed by atoms with E-state index in [-0.39, 0.29) is 0 Å². The Morgan fingerprint density at radius 1 is 0.721 bits per heavy atom. The van der Waals surface area contributed by atoms with Gasteiger partial charge in [0.1, 0.15) is 28.7 Å². The molecular formula is C36H41O6P. The molecule has 4 aromatic rings. The minimum Gasteiger partial charge on any atom is -0.497 e. The van der Waals surface area contributed by atoms with Gasteiger partial charge in [0, 0.05) is 27.9 Å². The van der Waals surface area contributed by atoms with E-state index in [9.17, 15) is 0 Å². The first kappa shape index (κ1) is 30.6. The molecule has 0 amide bonds. The van der Waals surface area contributed by atoms with Crippen LogP contribution in [0, 0.1) is 13.8 Å². The molecule has 7 heteroatoms. The molecule has 0 radical (unpaired) electrons. The van der Waals surface area contributed by atoms with Crippen molar-refractivity contribution in [1.29, 1.82) is 0 Å². The van der Waals surface area contributed by atoms with Crippen LogP contribution in [0.2, 0.25) is 0 Å². The van der Waals surface area contributed by atoms with Crippen molar-refractivity contribution in [2.75, 3.05) is 28.4 Å². The predicted octanol–water partition coefficient (Wildman–Crippen LogP) is 8.86. The SMILES string of the molecule is COc1cc(C)cc(-c2cc(-c3cc(OC)cc(OC)c3)c(OC)c(-c3cccc4c3[P@](=O)(C(C)(C)C)[C@@H](C)O4)c2C)c1. The van der Waals surface area contributed by atoms with Gasteiger partial charge in [-0.05, 0) is 85.0 Å². The lowest BCUT2D eigenvalue weighted by atomic mass is 9.86. The average Bonchev–Trinajstić information content (AvgIpc) is 3.26. The van der Waals surface area contributed by atoms with Crippen LogP contribution in [0.15, 0.2) is 60.7 Å². The van der Waals surface area contributed by atoms with E-state index in [1.165, 1.54) is 0 Å². The maximum atomic E-state index is 15.1. The molecule has 0 saturated heterocycles. The van der Waals surface area contributed by atoms with Crippen molar-refractivity contribution in [3.05, 3.63) is 71.8 Å². The fourth-order valence-electron chi connectivity index (χ4n) is 6.28. The standard InChI is InChI=1S/C36H41O6P/c1-21-14-24(16-26(15-21)38-7)30-20-31(25-17-27(39-8)19-28(18-25)40-9)34(41-10)33(22(30)2)29-12-11-13-32-35(29)43(37,23(3)42-32)36(4,5)6/h11-20,23H,1-10H3/t23-,43-/m0/s1. The number of hydrogen-bond acceptors (Lipinski definition) is 6. The van der Waals surface area contributed by atoms with E-state index in [0.717, 1.165) is 55.6 Å². The molecule has 226 valence electrons. The lowest BCUT2D eigenvalue weighted by Gasteiger charge is -2.31. The monoisotopic (exact) mass is 600 g/mol. The van der Waals surface area contributed by atoms with Gasteiger partial charge in [0.05, 0.1) is 33.7 Å². The number of benzene rings is 4. The summed E-state index contributed by atoms with van der Waals surface area (Å²) < 4.78 is 44.6. The minimum absolute atomic E-state index is 0.443. The molecule has 0 fully saturated rings. The Morgan fingerprint density at radius 3 is 1.86 bits per heavy atom. The smallest absolute Gasteiger partial charge is 0.163 e. The van der Waals surface area contributed by atoms with Gasteiger partial charge < -0.3 is 28.2 Å². The molecule has 0 aromatic heterocycles. The zero-order chi connectivity index (χ0) is 31.3. The van der Waals surface area contributed by atoms with Crippen molar-refractivity contribution in [3.63, 3.8) is 0 Å². The minimum atomic E-state index is -3.05. The summed E-state index contributed by atoms with van der Waals surface area (Å²) >= 11 is 0. The highest BCUT2D eigenvalue weighted by atomic mass is 31.2. The summed E-state index contributed by atoms with van der Waals surface area (Å²) in [4.78, 5) is 0.